The lowest BCUT2D eigenvalue weighted by Gasteiger charge is -2.16. The Morgan fingerprint density at radius 1 is 0.966 bits per heavy atom. The average Bonchev–Trinajstić information content (AvgIpc) is 2.77. The molecule has 0 spiro atoms. The summed E-state index contributed by atoms with van der Waals surface area (Å²) >= 11 is 0. The lowest BCUT2D eigenvalue weighted by Crippen LogP contribution is -2.33. The van der Waals surface area contributed by atoms with Crippen LogP contribution in [0.2, 0.25) is 0 Å². The largest absolute Gasteiger partial charge is 0.496 e. The number of methoxy groups -OCH3 is 1. The summed E-state index contributed by atoms with van der Waals surface area (Å²) in [6.07, 6.45) is 1.82. The Labute approximate surface area is 172 Å². The average molecular weight is 389 g/mol. The number of nitrogens with one attached hydrogen (secondary N) is 1. The van der Waals surface area contributed by atoms with Gasteiger partial charge in [0.15, 0.2) is 0 Å². The maximum atomic E-state index is 12.7. The van der Waals surface area contributed by atoms with Crippen LogP contribution >= 0.6 is 0 Å². The van der Waals surface area contributed by atoms with E-state index in [9.17, 15) is 4.79 Å². The molecule has 0 fully saturated rings. The topological polar surface area (TPSA) is 47.6 Å². The van der Waals surface area contributed by atoms with Gasteiger partial charge in [0.1, 0.15) is 18.1 Å². The maximum Gasteiger partial charge on any atom is 0.251 e. The van der Waals surface area contributed by atoms with E-state index >= 15 is 0 Å². The van der Waals surface area contributed by atoms with Crippen molar-refractivity contribution in [1.29, 1.82) is 0 Å². The Balaban J connectivity index is 1.60. The van der Waals surface area contributed by atoms with Crippen molar-refractivity contribution in [3.63, 3.8) is 0 Å². The lowest BCUT2D eigenvalue weighted by molar-refractivity contribution is 0.0938. The molecule has 1 unspecified atom stereocenters. The third-order valence-electron chi connectivity index (χ3n) is 4.77. The zero-order valence-corrected chi connectivity index (χ0v) is 16.9. The molecule has 1 atom stereocenters. The monoisotopic (exact) mass is 389 g/mol. The van der Waals surface area contributed by atoms with Crippen LogP contribution in [0.25, 0.3) is 0 Å². The van der Waals surface area contributed by atoms with Crippen molar-refractivity contribution >= 4 is 5.91 Å². The van der Waals surface area contributed by atoms with E-state index < -0.39 is 0 Å². The van der Waals surface area contributed by atoms with Crippen LogP contribution in [0.15, 0.2) is 78.9 Å². The van der Waals surface area contributed by atoms with Crippen molar-refractivity contribution in [2.24, 2.45) is 0 Å². The van der Waals surface area contributed by atoms with Crippen molar-refractivity contribution in [2.75, 3.05) is 7.11 Å². The Bertz CT molecular complexity index is 910. The molecule has 0 aliphatic heterocycles. The van der Waals surface area contributed by atoms with Crippen LogP contribution in [-0.2, 0) is 13.0 Å². The van der Waals surface area contributed by atoms with E-state index in [2.05, 4.69) is 17.4 Å². The molecule has 0 radical (unpaired) electrons. The third-order valence-corrected chi connectivity index (χ3v) is 4.77. The Morgan fingerprint density at radius 2 is 1.66 bits per heavy atom. The summed E-state index contributed by atoms with van der Waals surface area (Å²) in [5.41, 5.74) is 2.71. The van der Waals surface area contributed by atoms with Crippen molar-refractivity contribution in [3.05, 3.63) is 95.6 Å². The van der Waals surface area contributed by atoms with E-state index in [1.807, 2.05) is 67.6 Å². The maximum absolute atomic E-state index is 12.7. The highest BCUT2D eigenvalue weighted by atomic mass is 16.5. The summed E-state index contributed by atoms with van der Waals surface area (Å²) in [6.45, 7) is 2.36. The molecule has 3 rings (SSSR count). The number of benzene rings is 3. The number of hydrogen-bond acceptors (Lipinski definition) is 3. The van der Waals surface area contributed by atoms with Crippen molar-refractivity contribution in [1.82, 2.24) is 5.32 Å². The van der Waals surface area contributed by atoms with E-state index in [0.29, 0.717) is 17.9 Å². The van der Waals surface area contributed by atoms with Gasteiger partial charge in [-0.25, -0.2) is 0 Å². The smallest absolute Gasteiger partial charge is 0.251 e. The van der Waals surface area contributed by atoms with Crippen LogP contribution in [0.3, 0.4) is 0 Å². The van der Waals surface area contributed by atoms with Gasteiger partial charge in [0.05, 0.1) is 7.11 Å². The van der Waals surface area contributed by atoms with Crippen LogP contribution in [0.1, 0.15) is 34.8 Å². The summed E-state index contributed by atoms with van der Waals surface area (Å²) < 4.78 is 11.3. The van der Waals surface area contributed by atoms with Gasteiger partial charge in [-0.15, -0.1) is 0 Å². The molecule has 4 nitrogen and oxygen atoms in total. The van der Waals surface area contributed by atoms with Crippen molar-refractivity contribution in [3.8, 4) is 11.5 Å². The second-order valence-electron chi connectivity index (χ2n) is 7.03. The SMILES string of the molecule is COc1ccc(C(=O)NC(C)CCc2ccccc2)cc1COc1ccccc1. The van der Waals surface area contributed by atoms with Gasteiger partial charge in [-0.3, -0.25) is 4.79 Å². The van der Waals surface area contributed by atoms with E-state index in [1.54, 1.807) is 13.2 Å². The number of para-hydroxylation sites is 1. The molecule has 0 saturated heterocycles. The zero-order valence-electron chi connectivity index (χ0n) is 16.9. The van der Waals surface area contributed by atoms with E-state index in [1.165, 1.54) is 5.56 Å². The summed E-state index contributed by atoms with van der Waals surface area (Å²) in [5.74, 6) is 1.39. The third kappa shape index (κ3) is 6.11. The number of aryl methyl sites for hydroxylation is 1. The Hall–Kier alpha value is -3.27. The van der Waals surface area contributed by atoms with Crippen molar-refractivity contribution < 1.29 is 14.3 Å². The normalized spacial score (nSPS) is 11.5. The van der Waals surface area contributed by atoms with Gasteiger partial charge in [-0.1, -0.05) is 48.5 Å². The Kier molecular flexibility index (Phi) is 7.28. The number of amides is 1. The van der Waals surface area contributed by atoms with Gasteiger partial charge >= 0.3 is 0 Å². The van der Waals surface area contributed by atoms with Gasteiger partial charge in [0, 0.05) is 17.2 Å². The first kappa shape index (κ1) is 20.5. The summed E-state index contributed by atoms with van der Waals surface area (Å²) in [7, 11) is 1.62. The van der Waals surface area contributed by atoms with Gasteiger partial charge in [-0.2, -0.15) is 0 Å². The molecule has 0 aromatic heterocycles. The first-order valence-electron chi connectivity index (χ1n) is 9.85. The molecule has 1 N–H and O–H groups in total. The lowest BCUT2D eigenvalue weighted by atomic mass is 10.1. The zero-order chi connectivity index (χ0) is 20.5. The predicted octanol–water partition coefficient (Wildman–Crippen LogP) is 5.03. The minimum absolute atomic E-state index is 0.0776. The molecular formula is C25H27NO3. The van der Waals surface area contributed by atoms with Gasteiger partial charge in [0.25, 0.3) is 5.91 Å². The fourth-order valence-corrected chi connectivity index (χ4v) is 3.12. The summed E-state index contributed by atoms with van der Waals surface area (Å²) in [6, 6.07) is 25.4. The molecule has 0 aliphatic rings. The molecule has 0 saturated carbocycles. The summed E-state index contributed by atoms with van der Waals surface area (Å²) in [5, 5.41) is 3.08. The van der Waals surface area contributed by atoms with Crippen LogP contribution in [-0.4, -0.2) is 19.1 Å². The molecule has 3 aromatic rings. The van der Waals surface area contributed by atoms with E-state index in [4.69, 9.17) is 9.47 Å². The molecule has 0 bridgehead atoms. The van der Waals surface area contributed by atoms with Crippen molar-refractivity contribution in [2.45, 2.75) is 32.4 Å². The van der Waals surface area contributed by atoms with E-state index in [0.717, 1.165) is 24.2 Å². The standard InChI is InChI=1S/C25H27NO3/c1-19(13-14-20-9-5-3-6-10-20)26-25(27)21-15-16-24(28-2)22(17-21)18-29-23-11-7-4-8-12-23/h3-12,15-17,19H,13-14,18H2,1-2H3,(H,26,27). The highest BCUT2D eigenvalue weighted by molar-refractivity contribution is 5.94. The highest BCUT2D eigenvalue weighted by Gasteiger charge is 2.13. The van der Waals surface area contributed by atoms with Crippen LogP contribution in [0.4, 0.5) is 0 Å². The molecule has 29 heavy (non-hydrogen) atoms. The number of hydrogen-bond donors (Lipinski definition) is 1. The summed E-state index contributed by atoms with van der Waals surface area (Å²) in [4.78, 5) is 12.7. The quantitative estimate of drug-likeness (QED) is 0.559. The van der Waals surface area contributed by atoms with Gasteiger partial charge in [0.2, 0.25) is 0 Å². The number of carbonyl (C=O) groups excluding carboxylic acids is 1. The predicted molar refractivity (Wildman–Crippen MR) is 115 cm³/mol. The van der Waals surface area contributed by atoms with Crippen LogP contribution in [0.5, 0.6) is 11.5 Å². The molecule has 3 aromatic carbocycles. The van der Waals surface area contributed by atoms with Crippen LogP contribution in [0, 0.1) is 0 Å². The molecule has 1 amide bonds. The minimum atomic E-state index is -0.0887. The minimum Gasteiger partial charge on any atom is -0.496 e. The molecule has 150 valence electrons. The molecular weight excluding hydrogens is 362 g/mol. The highest BCUT2D eigenvalue weighted by Crippen LogP contribution is 2.22. The number of rotatable bonds is 9. The molecule has 0 aliphatic carbocycles. The number of carbonyl (C=O) groups is 1. The first-order valence-corrected chi connectivity index (χ1v) is 9.85. The fraction of sp³-hybridized carbons (Fsp3) is 0.240. The van der Waals surface area contributed by atoms with Gasteiger partial charge in [-0.05, 0) is 55.7 Å². The van der Waals surface area contributed by atoms with Crippen LogP contribution < -0.4 is 14.8 Å². The molecule has 4 heteroatoms. The van der Waals surface area contributed by atoms with E-state index in [-0.39, 0.29) is 11.9 Å². The second kappa shape index (κ2) is 10.3. The fourth-order valence-electron chi connectivity index (χ4n) is 3.12. The second-order valence-corrected chi connectivity index (χ2v) is 7.03. The van der Waals surface area contributed by atoms with Gasteiger partial charge < -0.3 is 14.8 Å². The molecule has 0 heterocycles. The first-order chi connectivity index (χ1) is 14.2. The number of ether oxygens (including phenoxy) is 2. The Morgan fingerprint density at radius 3 is 2.34 bits per heavy atom.